The van der Waals surface area contributed by atoms with Crippen LogP contribution in [0.4, 0.5) is 0 Å². The van der Waals surface area contributed by atoms with Gasteiger partial charge in [-0.15, -0.1) is 0 Å². The summed E-state index contributed by atoms with van der Waals surface area (Å²) in [6.07, 6.45) is 1.64. The summed E-state index contributed by atoms with van der Waals surface area (Å²) in [5.74, 6) is 0.749. The molecule has 0 unspecified atom stereocenters. The van der Waals surface area contributed by atoms with E-state index in [-0.39, 0.29) is 0 Å². The van der Waals surface area contributed by atoms with E-state index >= 15 is 0 Å². The molecule has 0 bridgehead atoms. The Bertz CT molecular complexity index is 635. The molecule has 16 heavy (non-hydrogen) atoms. The zero-order chi connectivity index (χ0) is 11.0. The lowest BCUT2D eigenvalue weighted by Gasteiger charge is -2.02. The fourth-order valence-corrected chi connectivity index (χ4v) is 2.02. The van der Waals surface area contributed by atoms with Gasteiger partial charge >= 0.3 is 0 Å². The molecule has 0 saturated heterocycles. The van der Waals surface area contributed by atoms with Crippen molar-refractivity contribution in [3.8, 4) is 11.5 Å². The van der Waals surface area contributed by atoms with E-state index in [1.54, 1.807) is 6.26 Å². The number of rotatable bonds is 1. The molecular formula is C12H7BrN2O. The van der Waals surface area contributed by atoms with Gasteiger partial charge in [-0.1, -0.05) is 18.2 Å². The normalized spacial score (nSPS) is 10.8. The van der Waals surface area contributed by atoms with Crippen molar-refractivity contribution in [1.29, 1.82) is 0 Å². The first kappa shape index (κ1) is 9.54. The lowest BCUT2D eigenvalue weighted by atomic mass is 10.1. The highest BCUT2D eigenvalue weighted by molar-refractivity contribution is 9.10. The van der Waals surface area contributed by atoms with Gasteiger partial charge in [-0.05, 0) is 34.1 Å². The van der Waals surface area contributed by atoms with Gasteiger partial charge in [-0.2, -0.15) is 0 Å². The first-order chi connectivity index (χ1) is 7.84. The highest BCUT2D eigenvalue weighted by atomic mass is 79.9. The first-order valence-corrected chi connectivity index (χ1v) is 5.60. The van der Waals surface area contributed by atoms with Crippen LogP contribution in [-0.2, 0) is 0 Å². The second-order valence-electron chi connectivity index (χ2n) is 3.34. The molecule has 2 aromatic heterocycles. The van der Waals surface area contributed by atoms with Gasteiger partial charge in [0.05, 0.1) is 11.8 Å². The van der Waals surface area contributed by atoms with Crippen LogP contribution in [0.15, 0.2) is 51.8 Å². The van der Waals surface area contributed by atoms with Crippen LogP contribution in [0.1, 0.15) is 0 Å². The van der Waals surface area contributed by atoms with Crippen LogP contribution >= 0.6 is 15.9 Å². The molecule has 0 N–H and O–H groups in total. The zero-order valence-corrected chi connectivity index (χ0v) is 9.81. The van der Waals surface area contributed by atoms with E-state index in [4.69, 9.17) is 4.42 Å². The summed E-state index contributed by atoms with van der Waals surface area (Å²) in [5, 5.41) is 0.987. The first-order valence-electron chi connectivity index (χ1n) is 4.81. The second kappa shape index (κ2) is 3.72. The lowest BCUT2D eigenvalue weighted by Crippen LogP contribution is -1.89. The number of halogens is 1. The number of furan rings is 1. The Morgan fingerprint density at radius 1 is 1.00 bits per heavy atom. The van der Waals surface area contributed by atoms with Crippen molar-refractivity contribution in [3.63, 3.8) is 0 Å². The van der Waals surface area contributed by atoms with Crippen molar-refractivity contribution in [2.45, 2.75) is 0 Å². The average Bonchev–Trinajstić information content (AvgIpc) is 2.81. The smallest absolute Gasteiger partial charge is 0.197 e. The van der Waals surface area contributed by atoms with Gasteiger partial charge in [-0.3, -0.25) is 0 Å². The number of hydrogen-bond acceptors (Lipinski definition) is 3. The third-order valence-corrected chi connectivity index (χ3v) is 2.69. The van der Waals surface area contributed by atoms with Crippen molar-refractivity contribution >= 4 is 26.8 Å². The summed E-state index contributed by atoms with van der Waals surface area (Å²) >= 11 is 3.30. The standard InChI is InChI=1S/C12H7BrN2O/c13-12-14-9-5-2-1-4-8(9)11(15-12)10-6-3-7-16-10/h1-7H. The van der Waals surface area contributed by atoms with Crippen LogP contribution in [0.5, 0.6) is 0 Å². The van der Waals surface area contributed by atoms with E-state index in [1.807, 2.05) is 36.4 Å². The Hall–Kier alpha value is -1.68. The number of fused-ring (bicyclic) bond motifs is 1. The molecule has 3 nitrogen and oxygen atoms in total. The molecule has 0 radical (unpaired) electrons. The van der Waals surface area contributed by atoms with E-state index in [1.165, 1.54) is 0 Å². The van der Waals surface area contributed by atoms with Gasteiger partial charge in [0.2, 0.25) is 0 Å². The largest absolute Gasteiger partial charge is 0.463 e. The molecule has 3 aromatic rings. The maximum atomic E-state index is 5.37. The maximum Gasteiger partial charge on any atom is 0.197 e. The van der Waals surface area contributed by atoms with E-state index in [9.17, 15) is 0 Å². The number of aromatic nitrogens is 2. The van der Waals surface area contributed by atoms with E-state index in [0.717, 1.165) is 22.4 Å². The van der Waals surface area contributed by atoms with Crippen LogP contribution in [0.3, 0.4) is 0 Å². The minimum atomic E-state index is 0.567. The fourth-order valence-electron chi connectivity index (χ4n) is 1.65. The van der Waals surface area contributed by atoms with Crippen LogP contribution in [-0.4, -0.2) is 9.97 Å². The Morgan fingerprint density at radius 3 is 2.69 bits per heavy atom. The molecule has 0 atom stereocenters. The highest BCUT2D eigenvalue weighted by Gasteiger charge is 2.09. The van der Waals surface area contributed by atoms with Gasteiger partial charge in [-0.25, -0.2) is 9.97 Å². The molecule has 0 aliphatic heterocycles. The number of para-hydroxylation sites is 1. The van der Waals surface area contributed by atoms with Crippen molar-refractivity contribution in [2.75, 3.05) is 0 Å². The summed E-state index contributed by atoms with van der Waals surface area (Å²) in [6, 6.07) is 11.6. The van der Waals surface area contributed by atoms with Crippen LogP contribution in [0.25, 0.3) is 22.4 Å². The second-order valence-corrected chi connectivity index (χ2v) is 4.04. The molecular weight excluding hydrogens is 268 g/mol. The Kier molecular flexibility index (Phi) is 2.22. The zero-order valence-electron chi connectivity index (χ0n) is 8.22. The number of benzene rings is 1. The Labute approximate surface area is 100 Å². The monoisotopic (exact) mass is 274 g/mol. The molecule has 3 rings (SSSR count). The molecule has 0 fully saturated rings. The molecule has 1 aromatic carbocycles. The van der Waals surface area contributed by atoms with Gasteiger partial charge in [0.15, 0.2) is 10.5 Å². The average molecular weight is 275 g/mol. The van der Waals surface area contributed by atoms with E-state index < -0.39 is 0 Å². The topological polar surface area (TPSA) is 38.9 Å². The van der Waals surface area contributed by atoms with Gasteiger partial charge in [0.1, 0.15) is 5.69 Å². The fraction of sp³-hybridized carbons (Fsp3) is 0. The molecule has 0 aliphatic carbocycles. The third-order valence-electron chi connectivity index (χ3n) is 2.33. The minimum absolute atomic E-state index is 0.567. The summed E-state index contributed by atoms with van der Waals surface area (Å²) in [6.45, 7) is 0. The molecule has 2 heterocycles. The Morgan fingerprint density at radius 2 is 1.88 bits per heavy atom. The summed E-state index contributed by atoms with van der Waals surface area (Å²) in [5.41, 5.74) is 1.71. The van der Waals surface area contributed by atoms with E-state index in [0.29, 0.717) is 4.73 Å². The van der Waals surface area contributed by atoms with Crippen LogP contribution in [0.2, 0.25) is 0 Å². The molecule has 0 spiro atoms. The molecule has 78 valence electrons. The van der Waals surface area contributed by atoms with E-state index in [2.05, 4.69) is 25.9 Å². The molecule has 0 amide bonds. The van der Waals surface area contributed by atoms with Crippen molar-refractivity contribution in [1.82, 2.24) is 9.97 Å². The summed E-state index contributed by atoms with van der Waals surface area (Å²) < 4.78 is 5.94. The van der Waals surface area contributed by atoms with Gasteiger partial charge in [0, 0.05) is 5.39 Å². The quantitative estimate of drug-likeness (QED) is 0.636. The molecule has 4 heteroatoms. The Balaban J connectivity index is 2.39. The SMILES string of the molecule is Brc1nc(-c2ccco2)c2ccccc2n1. The minimum Gasteiger partial charge on any atom is -0.463 e. The van der Waals surface area contributed by atoms with Crippen molar-refractivity contribution in [3.05, 3.63) is 47.4 Å². The number of nitrogens with zero attached hydrogens (tertiary/aromatic N) is 2. The summed E-state index contributed by atoms with van der Waals surface area (Å²) in [7, 11) is 0. The molecule has 0 saturated carbocycles. The number of hydrogen-bond donors (Lipinski definition) is 0. The maximum absolute atomic E-state index is 5.37. The lowest BCUT2D eigenvalue weighted by molar-refractivity contribution is 0.580. The van der Waals surface area contributed by atoms with Crippen molar-refractivity contribution in [2.24, 2.45) is 0 Å². The predicted molar refractivity (Wildman–Crippen MR) is 64.9 cm³/mol. The van der Waals surface area contributed by atoms with Crippen molar-refractivity contribution < 1.29 is 4.42 Å². The predicted octanol–water partition coefficient (Wildman–Crippen LogP) is 3.65. The molecule has 0 aliphatic rings. The van der Waals surface area contributed by atoms with Crippen LogP contribution in [0, 0.1) is 0 Å². The van der Waals surface area contributed by atoms with Gasteiger partial charge < -0.3 is 4.42 Å². The highest BCUT2D eigenvalue weighted by Crippen LogP contribution is 2.27. The summed E-state index contributed by atoms with van der Waals surface area (Å²) in [4.78, 5) is 8.67. The third kappa shape index (κ3) is 1.51. The van der Waals surface area contributed by atoms with Crippen LogP contribution < -0.4 is 0 Å². The van der Waals surface area contributed by atoms with Gasteiger partial charge in [0.25, 0.3) is 0 Å².